The summed E-state index contributed by atoms with van der Waals surface area (Å²) in [4.78, 5) is 0. The van der Waals surface area contributed by atoms with Crippen molar-refractivity contribution >= 4 is 43.5 Å². The minimum atomic E-state index is -0.299. The molecule has 46 heavy (non-hydrogen) atoms. The van der Waals surface area contributed by atoms with E-state index in [1.54, 1.807) is 12.1 Å². The Labute approximate surface area is 270 Å². The van der Waals surface area contributed by atoms with Gasteiger partial charge < -0.3 is 9.52 Å². The van der Waals surface area contributed by atoms with Crippen molar-refractivity contribution < 1.29 is 13.6 Å². The average Bonchev–Trinajstić information content (AvgIpc) is 3.52. The maximum atomic E-state index is 11.4. The van der Waals surface area contributed by atoms with E-state index in [-0.39, 0.29) is 35.0 Å². The lowest BCUT2D eigenvalue weighted by Gasteiger charge is -2.18. The van der Waals surface area contributed by atoms with E-state index >= 15 is 0 Å². The second-order valence-electron chi connectivity index (χ2n) is 11.6. The molecule has 1 N–H and O–H groups in total. The number of aromatic hydroxyl groups is 1. The molecule has 0 saturated heterocycles. The molecule has 0 bridgehead atoms. The van der Waals surface area contributed by atoms with Crippen molar-refractivity contribution in [3.05, 3.63) is 164 Å². The Morgan fingerprint density at radius 1 is 0.413 bits per heavy atom. The van der Waals surface area contributed by atoms with Gasteiger partial charge in [-0.3, -0.25) is 0 Å². The molecule has 0 saturated carbocycles. The lowest BCUT2D eigenvalue weighted by atomic mass is 9.85. The normalized spacial score (nSPS) is 12.5. The average molecular weight is 592 g/mol. The van der Waals surface area contributed by atoms with Crippen molar-refractivity contribution in [3.63, 3.8) is 0 Å². The first-order valence-electron chi connectivity index (χ1n) is 16.8. The molecule has 216 valence electrons. The summed E-state index contributed by atoms with van der Waals surface area (Å²) in [6.07, 6.45) is 0. The highest BCUT2D eigenvalue weighted by Crippen LogP contribution is 2.46. The number of phenolic OH excluding ortho intramolecular Hbond substituents is 1. The fourth-order valence-electron chi connectivity index (χ4n) is 6.79. The van der Waals surface area contributed by atoms with Crippen LogP contribution < -0.4 is 0 Å². The summed E-state index contributed by atoms with van der Waals surface area (Å²) in [6.45, 7) is 0. The Bertz CT molecular complexity index is 2660. The Hall–Kier alpha value is -6.12. The molecule has 1 aromatic heterocycles. The van der Waals surface area contributed by atoms with Crippen LogP contribution in [0, 0.1) is 0 Å². The van der Waals surface area contributed by atoms with Gasteiger partial charge in [-0.15, -0.1) is 0 Å². The highest BCUT2D eigenvalue weighted by molar-refractivity contribution is 6.22. The van der Waals surface area contributed by atoms with Gasteiger partial charge in [0.05, 0.1) is 4.11 Å². The number of fused-ring (bicyclic) bond motifs is 5. The van der Waals surface area contributed by atoms with E-state index < -0.39 is 0 Å². The molecule has 0 aliphatic rings. The number of hydrogen-bond acceptors (Lipinski definition) is 2. The zero-order valence-corrected chi connectivity index (χ0v) is 24.7. The molecule has 8 aromatic carbocycles. The highest BCUT2D eigenvalue weighted by Gasteiger charge is 2.19. The van der Waals surface area contributed by atoms with Gasteiger partial charge in [-0.2, -0.15) is 0 Å². The molecule has 0 aliphatic heterocycles. The molecular formula is C44H28O2. The lowest BCUT2D eigenvalue weighted by molar-refractivity contribution is 0.477. The van der Waals surface area contributed by atoms with E-state index in [9.17, 15) is 7.85 Å². The van der Waals surface area contributed by atoms with Crippen LogP contribution in [0.25, 0.3) is 88.0 Å². The molecule has 1 heterocycles. The van der Waals surface area contributed by atoms with Crippen LogP contribution in [-0.4, -0.2) is 5.11 Å². The molecule has 0 radical (unpaired) electrons. The van der Waals surface area contributed by atoms with Gasteiger partial charge >= 0.3 is 0 Å². The zero-order chi connectivity index (χ0) is 33.2. The molecular weight excluding hydrogens is 560 g/mol. The van der Waals surface area contributed by atoms with Crippen molar-refractivity contribution in [3.8, 4) is 50.3 Å². The largest absolute Gasteiger partial charge is 0.507 e. The van der Waals surface area contributed by atoms with Gasteiger partial charge in [-0.1, -0.05) is 133 Å². The molecule has 2 heteroatoms. The van der Waals surface area contributed by atoms with Gasteiger partial charge in [0.1, 0.15) is 16.9 Å². The third kappa shape index (κ3) is 4.19. The number of hydrogen-bond donors (Lipinski definition) is 1. The third-order valence-corrected chi connectivity index (χ3v) is 8.90. The van der Waals surface area contributed by atoms with Gasteiger partial charge in [-0.05, 0) is 90.8 Å². The first-order valence-corrected chi connectivity index (χ1v) is 15.3. The van der Waals surface area contributed by atoms with Crippen LogP contribution in [0.2, 0.25) is 0 Å². The van der Waals surface area contributed by atoms with Crippen molar-refractivity contribution in [2.45, 2.75) is 0 Å². The number of benzene rings is 8. The van der Waals surface area contributed by atoms with Crippen molar-refractivity contribution in [1.29, 1.82) is 0 Å². The molecule has 0 spiro atoms. The number of rotatable bonds is 4. The molecule has 9 rings (SSSR count). The Morgan fingerprint density at radius 2 is 0.978 bits per heavy atom. The molecule has 0 fully saturated rings. The zero-order valence-electron chi connectivity index (χ0n) is 27.7. The van der Waals surface area contributed by atoms with E-state index in [1.165, 1.54) is 0 Å². The second-order valence-corrected chi connectivity index (χ2v) is 11.6. The summed E-state index contributed by atoms with van der Waals surface area (Å²) in [5.74, 6) is -0.299. The molecule has 0 amide bonds. The van der Waals surface area contributed by atoms with E-state index in [0.29, 0.717) is 11.1 Å². The predicted octanol–water partition coefficient (Wildman–Crippen LogP) is 12.3. The van der Waals surface area contributed by atoms with Gasteiger partial charge in [0, 0.05) is 16.3 Å². The summed E-state index contributed by atoms with van der Waals surface area (Å²) in [6, 6.07) is 47.7. The third-order valence-electron chi connectivity index (χ3n) is 8.90. The predicted molar refractivity (Wildman–Crippen MR) is 192 cm³/mol. The Morgan fingerprint density at radius 3 is 1.63 bits per heavy atom. The molecule has 2 nitrogen and oxygen atoms in total. The van der Waals surface area contributed by atoms with Gasteiger partial charge in [0.2, 0.25) is 0 Å². The maximum absolute atomic E-state index is 11.4. The monoisotopic (exact) mass is 591 g/mol. The molecule has 9 aromatic rings. The first-order chi connectivity index (χ1) is 24.0. The van der Waals surface area contributed by atoms with Crippen LogP contribution in [-0.2, 0) is 0 Å². The van der Waals surface area contributed by atoms with Gasteiger partial charge in [0.25, 0.3) is 0 Å². The lowest BCUT2D eigenvalue weighted by Crippen LogP contribution is -1.91. The van der Waals surface area contributed by atoms with Gasteiger partial charge in [-0.25, -0.2) is 0 Å². The van der Waals surface area contributed by atoms with Crippen LogP contribution in [0.1, 0.15) is 4.11 Å². The topological polar surface area (TPSA) is 33.4 Å². The summed E-state index contributed by atoms with van der Waals surface area (Å²) >= 11 is 0. The van der Waals surface area contributed by atoms with Crippen LogP contribution in [0.4, 0.5) is 0 Å². The quantitative estimate of drug-likeness (QED) is 0.207. The maximum Gasteiger partial charge on any atom is 0.136 e. The van der Waals surface area contributed by atoms with E-state index in [1.807, 2.05) is 78.9 Å². The van der Waals surface area contributed by atoms with Crippen molar-refractivity contribution in [1.82, 2.24) is 0 Å². The molecule has 0 aliphatic carbocycles. The molecule has 0 unspecified atom stereocenters. The first kappa shape index (κ1) is 23.3. The summed E-state index contributed by atoms with van der Waals surface area (Å²) in [5.41, 5.74) is 7.62. The second kappa shape index (κ2) is 10.5. The van der Waals surface area contributed by atoms with Gasteiger partial charge in [0.15, 0.2) is 0 Å². The van der Waals surface area contributed by atoms with E-state index in [0.717, 1.165) is 65.7 Å². The fourth-order valence-corrected chi connectivity index (χ4v) is 6.79. The SMILES string of the molecule is [2H]c1c([2H])c(-c2ccccc2)c(O)c([2H])c1-c1c2ccccc2c(-c2ccc3oc4cc(-c5ccccc5)ccc4c3c2)c2ccccc12. The fraction of sp³-hybridized carbons (Fsp3) is 0. The highest BCUT2D eigenvalue weighted by atomic mass is 16.3. The van der Waals surface area contributed by atoms with Crippen LogP contribution in [0.15, 0.2) is 168 Å². The van der Waals surface area contributed by atoms with Crippen molar-refractivity contribution in [2.24, 2.45) is 0 Å². The van der Waals surface area contributed by atoms with Crippen LogP contribution >= 0.6 is 0 Å². The van der Waals surface area contributed by atoms with Crippen molar-refractivity contribution in [2.75, 3.05) is 0 Å². The summed E-state index contributed by atoms with van der Waals surface area (Å²) < 4.78 is 33.8. The minimum Gasteiger partial charge on any atom is -0.507 e. The standard InChI is InChI=1S/C44H28O2/c45-40-26-32(20-22-33(40)29-13-5-2-6-14-29)44-37-17-9-7-15-35(37)43(36-16-8-10-18-38(36)44)31-21-24-41-39(25-31)34-23-19-30(27-42(34)46-41)28-11-3-1-4-12-28/h1-27,45H/i20D,22D,26D. The van der Waals surface area contributed by atoms with E-state index in [2.05, 4.69) is 54.6 Å². The number of phenols is 1. The smallest absolute Gasteiger partial charge is 0.136 e. The van der Waals surface area contributed by atoms with E-state index in [4.69, 9.17) is 5.79 Å². The molecule has 0 atom stereocenters. The number of furan rings is 1. The van der Waals surface area contributed by atoms with Crippen LogP contribution in [0.5, 0.6) is 5.75 Å². The Kier molecular flexibility index (Phi) is 5.32. The minimum absolute atomic E-state index is 0.0918. The van der Waals surface area contributed by atoms with Crippen LogP contribution in [0.3, 0.4) is 0 Å². The summed E-state index contributed by atoms with van der Waals surface area (Å²) in [5, 5.41) is 17.1. The Balaban J connectivity index is 1.30. The summed E-state index contributed by atoms with van der Waals surface area (Å²) in [7, 11) is 0.